The van der Waals surface area contributed by atoms with Gasteiger partial charge in [-0.1, -0.05) is 0 Å². The molecule has 0 aromatic rings. The summed E-state index contributed by atoms with van der Waals surface area (Å²) in [5.41, 5.74) is -0.513. The van der Waals surface area contributed by atoms with Crippen LogP contribution in [0.15, 0.2) is 0 Å². The molecule has 4 nitrogen and oxygen atoms in total. The number of nitrogens with zero attached hydrogens (tertiary/aromatic N) is 1. The molecule has 13 heavy (non-hydrogen) atoms. The molecule has 0 rings (SSSR count). The lowest BCUT2D eigenvalue weighted by molar-refractivity contribution is 0.0208. The first-order valence-electron chi connectivity index (χ1n) is 4.17. The van der Waals surface area contributed by atoms with Crippen molar-refractivity contribution in [2.45, 2.75) is 32.4 Å². The van der Waals surface area contributed by atoms with Gasteiger partial charge in [0.05, 0.1) is 12.6 Å². The van der Waals surface area contributed by atoms with Crippen molar-refractivity contribution in [1.82, 2.24) is 4.90 Å². The molecule has 0 aliphatic heterocycles. The lowest BCUT2D eigenvalue weighted by Crippen LogP contribution is -2.41. The van der Waals surface area contributed by atoms with Gasteiger partial charge in [0, 0.05) is 7.05 Å². The summed E-state index contributed by atoms with van der Waals surface area (Å²) in [4.78, 5) is 12.6. The van der Waals surface area contributed by atoms with E-state index in [-0.39, 0.29) is 6.61 Å². The molecule has 0 saturated carbocycles. The first-order chi connectivity index (χ1) is 5.78. The van der Waals surface area contributed by atoms with Gasteiger partial charge in [-0.25, -0.2) is 4.79 Å². The molecule has 1 amide bonds. The highest BCUT2D eigenvalue weighted by atomic mass is 16.6. The van der Waals surface area contributed by atoms with Crippen molar-refractivity contribution in [1.29, 1.82) is 0 Å². The standard InChI is InChI=1S/C9H18NO3/c1-7(6-11)10(5)8(12)13-9(2,3)4/h7,11H,1,6H2,2-5H3. The number of hydrogen-bond acceptors (Lipinski definition) is 3. The van der Waals surface area contributed by atoms with Crippen LogP contribution in [0.2, 0.25) is 0 Å². The average molecular weight is 188 g/mol. The molecule has 0 aromatic carbocycles. The van der Waals surface area contributed by atoms with Gasteiger partial charge in [-0.15, -0.1) is 0 Å². The molecule has 0 spiro atoms. The van der Waals surface area contributed by atoms with Crippen LogP contribution in [0.5, 0.6) is 0 Å². The number of hydrogen-bond donors (Lipinski definition) is 1. The minimum atomic E-state index is -0.513. The Hall–Kier alpha value is -0.770. The van der Waals surface area contributed by atoms with Crippen molar-refractivity contribution >= 4 is 6.09 Å². The summed E-state index contributed by atoms with van der Waals surface area (Å²) >= 11 is 0. The van der Waals surface area contributed by atoms with E-state index in [1.54, 1.807) is 27.8 Å². The highest BCUT2D eigenvalue weighted by Gasteiger charge is 2.22. The normalized spacial score (nSPS) is 13.7. The molecule has 0 heterocycles. The number of amides is 1. The van der Waals surface area contributed by atoms with E-state index in [4.69, 9.17) is 9.84 Å². The van der Waals surface area contributed by atoms with Crippen LogP contribution in [-0.2, 0) is 4.74 Å². The first kappa shape index (κ1) is 12.2. The fourth-order valence-electron chi connectivity index (χ4n) is 0.605. The van der Waals surface area contributed by atoms with Crippen molar-refractivity contribution in [3.63, 3.8) is 0 Å². The molecule has 0 saturated heterocycles. The molecule has 0 aliphatic carbocycles. The summed E-state index contributed by atoms with van der Waals surface area (Å²) in [5, 5.41) is 8.74. The number of carbonyl (C=O) groups excluding carboxylic acids is 1. The van der Waals surface area contributed by atoms with Gasteiger partial charge in [-0.3, -0.25) is 0 Å². The van der Waals surface area contributed by atoms with Crippen LogP contribution in [-0.4, -0.2) is 41.4 Å². The summed E-state index contributed by atoms with van der Waals surface area (Å²) in [6, 6.07) is -0.463. The molecule has 1 N–H and O–H groups in total. The number of aliphatic hydroxyl groups excluding tert-OH is 1. The van der Waals surface area contributed by atoms with Gasteiger partial charge in [-0.05, 0) is 27.7 Å². The second kappa shape index (κ2) is 4.46. The molecule has 0 bridgehead atoms. The monoisotopic (exact) mass is 188 g/mol. The van der Waals surface area contributed by atoms with E-state index in [1.165, 1.54) is 4.90 Å². The van der Waals surface area contributed by atoms with E-state index < -0.39 is 17.7 Å². The number of aliphatic hydroxyl groups is 1. The Balaban J connectivity index is 4.12. The average Bonchev–Trinajstić information content (AvgIpc) is 1.98. The molecular formula is C9H18NO3. The zero-order chi connectivity index (χ0) is 10.6. The molecule has 1 atom stereocenters. The van der Waals surface area contributed by atoms with E-state index in [0.717, 1.165) is 0 Å². The van der Waals surface area contributed by atoms with Crippen LogP contribution in [0.25, 0.3) is 0 Å². The molecule has 1 unspecified atom stereocenters. The Morgan fingerprint density at radius 2 is 2.08 bits per heavy atom. The van der Waals surface area contributed by atoms with E-state index in [0.29, 0.717) is 0 Å². The van der Waals surface area contributed by atoms with E-state index in [2.05, 4.69) is 6.92 Å². The minimum Gasteiger partial charge on any atom is -0.444 e. The topological polar surface area (TPSA) is 49.8 Å². The van der Waals surface area contributed by atoms with Crippen LogP contribution in [0.4, 0.5) is 4.79 Å². The maximum Gasteiger partial charge on any atom is 0.410 e. The molecule has 4 heteroatoms. The Bertz CT molecular complexity index is 174. The lowest BCUT2D eigenvalue weighted by atomic mass is 10.2. The third kappa shape index (κ3) is 4.72. The molecular weight excluding hydrogens is 170 g/mol. The number of carbonyl (C=O) groups is 1. The van der Waals surface area contributed by atoms with Crippen LogP contribution >= 0.6 is 0 Å². The SMILES string of the molecule is [CH2]C(CO)N(C)C(=O)OC(C)(C)C. The summed E-state index contributed by atoms with van der Waals surface area (Å²) in [6.45, 7) is 8.77. The second-order valence-electron chi connectivity index (χ2n) is 3.93. The quantitative estimate of drug-likeness (QED) is 0.704. The molecule has 0 aliphatic rings. The van der Waals surface area contributed by atoms with E-state index in [1.807, 2.05) is 0 Å². The number of likely N-dealkylation sites (N-methyl/N-ethyl adjacent to an activating group) is 1. The molecule has 0 aromatic heterocycles. The molecule has 77 valence electrons. The maximum atomic E-state index is 11.3. The predicted molar refractivity (Wildman–Crippen MR) is 50.2 cm³/mol. The Morgan fingerprint density at radius 3 is 2.38 bits per heavy atom. The van der Waals surface area contributed by atoms with Crippen molar-refractivity contribution in [2.24, 2.45) is 0 Å². The van der Waals surface area contributed by atoms with Gasteiger partial charge in [-0.2, -0.15) is 0 Å². The van der Waals surface area contributed by atoms with Crippen molar-refractivity contribution in [3.8, 4) is 0 Å². The summed E-state index contributed by atoms with van der Waals surface area (Å²) in [7, 11) is 1.54. The largest absolute Gasteiger partial charge is 0.444 e. The van der Waals surface area contributed by atoms with Gasteiger partial charge < -0.3 is 14.7 Å². The van der Waals surface area contributed by atoms with Gasteiger partial charge in [0.2, 0.25) is 0 Å². The van der Waals surface area contributed by atoms with Crippen LogP contribution in [0.1, 0.15) is 20.8 Å². The fraction of sp³-hybridized carbons (Fsp3) is 0.778. The first-order valence-corrected chi connectivity index (χ1v) is 4.17. The zero-order valence-electron chi connectivity index (χ0n) is 8.70. The minimum absolute atomic E-state index is 0.171. The Labute approximate surface area is 79.5 Å². The lowest BCUT2D eigenvalue weighted by Gasteiger charge is -2.27. The Morgan fingerprint density at radius 1 is 1.62 bits per heavy atom. The van der Waals surface area contributed by atoms with Crippen molar-refractivity contribution < 1.29 is 14.6 Å². The third-order valence-electron chi connectivity index (χ3n) is 1.44. The van der Waals surface area contributed by atoms with Gasteiger partial charge >= 0.3 is 6.09 Å². The Kier molecular flexibility index (Phi) is 4.20. The predicted octanol–water partition coefficient (Wildman–Crippen LogP) is 1.05. The van der Waals surface area contributed by atoms with E-state index in [9.17, 15) is 4.79 Å². The third-order valence-corrected chi connectivity index (χ3v) is 1.44. The smallest absolute Gasteiger partial charge is 0.410 e. The molecule has 0 fully saturated rings. The highest BCUT2D eigenvalue weighted by molar-refractivity contribution is 5.68. The fourth-order valence-corrected chi connectivity index (χ4v) is 0.605. The second-order valence-corrected chi connectivity index (χ2v) is 3.93. The maximum absolute atomic E-state index is 11.3. The van der Waals surface area contributed by atoms with Crippen molar-refractivity contribution in [3.05, 3.63) is 6.92 Å². The number of ether oxygens (including phenoxy) is 1. The van der Waals surface area contributed by atoms with Crippen molar-refractivity contribution in [2.75, 3.05) is 13.7 Å². The van der Waals surface area contributed by atoms with E-state index >= 15 is 0 Å². The summed E-state index contributed by atoms with van der Waals surface area (Å²) in [5.74, 6) is 0. The van der Waals surface area contributed by atoms with Crippen LogP contribution in [0, 0.1) is 6.92 Å². The molecule has 1 radical (unpaired) electrons. The van der Waals surface area contributed by atoms with Crippen LogP contribution < -0.4 is 0 Å². The zero-order valence-corrected chi connectivity index (χ0v) is 8.70. The highest BCUT2D eigenvalue weighted by Crippen LogP contribution is 2.10. The number of rotatable bonds is 2. The van der Waals surface area contributed by atoms with Gasteiger partial charge in [0.1, 0.15) is 5.60 Å². The van der Waals surface area contributed by atoms with Gasteiger partial charge in [0.15, 0.2) is 0 Å². The van der Waals surface area contributed by atoms with Gasteiger partial charge in [0.25, 0.3) is 0 Å². The van der Waals surface area contributed by atoms with Crippen LogP contribution in [0.3, 0.4) is 0 Å². The summed E-state index contributed by atoms with van der Waals surface area (Å²) in [6.07, 6.45) is -0.471. The summed E-state index contributed by atoms with van der Waals surface area (Å²) < 4.78 is 5.06.